The van der Waals surface area contributed by atoms with Crippen molar-refractivity contribution >= 4 is 11.8 Å². The van der Waals surface area contributed by atoms with Gasteiger partial charge in [-0.2, -0.15) is 0 Å². The molecule has 13 heavy (non-hydrogen) atoms. The zero-order chi connectivity index (χ0) is 9.84. The summed E-state index contributed by atoms with van der Waals surface area (Å²) in [4.78, 5) is 21.5. The molecule has 0 radical (unpaired) electrons. The summed E-state index contributed by atoms with van der Waals surface area (Å²) >= 11 is 0. The van der Waals surface area contributed by atoms with E-state index in [4.69, 9.17) is 10.8 Å². The van der Waals surface area contributed by atoms with Crippen molar-refractivity contribution in [1.29, 1.82) is 0 Å². The van der Waals surface area contributed by atoms with Crippen LogP contribution in [0.5, 0.6) is 0 Å². The molecular weight excluding hydrogens is 172 g/mol. The fourth-order valence-corrected chi connectivity index (χ4v) is 1.56. The van der Waals surface area contributed by atoms with E-state index in [1.54, 1.807) is 0 Å². The molecule has 1 rings (SSSR count). The molecule has 0 aromatic rings. The van der Waals surface area contributed by atoms with Gasteiger partial charge in [-0.05, 0) is 18.9 Å². The number of carboxylic acid groups (broad SMARTS) is 1. The lowest BCUT2D eigenvalue weighted by molar-refractivity contribution is -0.139. The smallest absolute Gasteiger partial charge is 0.320 e. The molecule has 5 heteroatoms. The summed E-state index contributed by atoms with van der Waals surface area (Å²) in [5, 5.41) is 11.5. The van der Waals surface area contributed by atoms with Crippen molar-refractivity contribution in [2.75, 3.05) is 13.1 Å². The SMILES string of the molecule is NCC(=O)C[C@H]1CN[C@H](C(=O)O)C1. The third-order valence-electron chi connectivity index (χ3n) is 2.26. The van der Waals surface area contributed by atoms with Gasteiger partial charge in [0, 0.05) is 6.42 Å². The van der Waals surface area contributed by atoms with Gasteiger partial charge in [0.25, 0.3) is 0 Å². The second kappa shape index (κ2) is 4.34. The molecular formula is C8H14N2O3. The van der Waals surface area contributed by atoms with Gasteiger partial charge in [-0.1, -0.05) is 0 Å². The van der Waals surface area contributed by atoms with Crippen LogP contribution in [0.3, 0.4) is 0 Å². The van der Waals surface area contributed by atoms with Crippen molar-refractivity contribution in [3.8, 4) is 0 Å². The molecule has 0 saturated carbocycles. The van der Waals surface area contributed by atoms with Crippen molar-refractivity contribution in [3.05, 3.63) is 0 Å². The average Bonchev–Trinajstić information content (AvgIpc) is 2.52. The molecule has 2 atom stereocenters. The maximum absolute atomic E-state index is 10.9. The maximum Gasteiger partial charge on any atom is 0.320 e. The number of hydrogen-bond acceptors (Lipinski definition) is 4. The number of hydrogen-bond donors (Lipinski definition) is 3. The molecule has 0 aliphatic carbocycles. The van der Waals surface area contributed by atoms with E-state index in [9.17, 15) is 9.59 Å². The highest BCUT2D eigenvalue weighted by molar-refractivity contribution is 5.80. The highest BCUT2D eigenvalue weighted by atomic mass is 16.4. The van der Waals surface area contributed by atoms with Gasteiger partial charge in [0.2, 0.25) is 0 Å². The summed E-state index contributed by atoms with van der Waals surface area (Å²) in [6.07, 6.45) is 0.925. The van der Waals surface area contributed by atoms with E-state index in [2.05, 4.69) is 5.32 Å². The van der Waals surface area contributed by atoms with Crippen molar-refractivity contribution < 1.29 is 14.7 Å². The maximum atomic E-state index is 10.9. The van der Waals surface area contributed by atoms with Gasteiger partial charge in [-0.15, -0.1) is 0 Å². The van der Waals surface area contributed by atoms with Crippen molar-refractivity contribution in [2.24, 2.45) is 11.7 Å². The molecule has 1 saturated heterocycles. The van der Waals surface area contributed by atoms with Crippen LogP contribution >= 0.6 is 0 Å². The fraction of sp³-hybridized carbons (Fsp3) is 0.750. The molecule has 74 valence electrons. The van der Waals surface area contributed by atoms with Crippen LogP contribution in [-0.2, 0) is 9.59 Å². The van der Waals surface area contributed by atoms with Crippen LogP contribution in [0.15, 0.2) is 0 Å². The minimum absolute atomic E-state index is 0.00200. The standard InChI is InChI=1S/C8H14N2O3/c9-3-6(11)1-5-2-7(8(12)13)10-4-5/h5,7,10H,1-4,9H2,(H,12,13)/t5-,7+/m1/s1. The molecule has 0 bridgehead atoms. The van der Waals surface area contributed by atoms with Gasteiger partial charge < -0.3 is 16.2 Å². The summed E-state index contributed by atoms with van der Waals surface area (Å²) < 4.78 is 0. The number of ketones is 1. The van der Waals surface area contributed by atoms with Crippen LogP contribution in [0.25, 0.3) is 0 Å². The number of aliphatic carboxylic acids is 1. The van der Waals surface area contributed by atoms with Gasteiger partial charge in [-0.3, -0.25) is 9.59 Å². The van der Waals surface area contributed by atoms with E-state index in [0.717, 1.165) is 0 Å². The van der Waals surface area contributed by atoms with Gasteiger partial charge in [-0.25, -0.2) is 0 Å². The highest BCUT2D eigenvalue weighted by Crippen LogP contribution is 2.17. The van der Waals surface area contributed by atoms with E-state index >= 15 is 0 Å². The number of rotatable bonds is 4. The molecule has 1 fully saturated rings. The van der Waals surface area contributed by atoms with Crippen molar-refractivity contribution in [3.63, 3.8) is 0 Å². The minimum atomic E-state index is -0.845. The van der Waals surface area contributed by atoms with Crippen LogP contribution in [-0.4, -0.2) is 36.0 Å². The first-order chi connectivity index (χ1) is 6.13. The Labute approximate surface area is 76.3 Å². The predicted octanol–water partition coefficient (Wildman–Crippen LogP) is -1.03. The third kappa shape index (κ3) is 2.78. The highest BCUT2D eigenvalue weighted by Gasteiger charge is 2.29. The van der Waals surface area contributed by atoms with Gasteiger partial charge in [0.1, 0.15) is 11.8 Å². The molecule has 1 aliphatic heterocycles. The van der Waals surface area contributed by atoms with E-state index < -0.39 is 12.0 Å². The zero-order valence-corrected chi connectivity index (χ0v) is 7.32. The molecule has 0 spiro atoms. The summed E-state index contributed by atoms with van der Waals surface area (Å²) in [6.45, 7) is 0.650. The fourth-order valence-electron chi connectivity index (χ4n) is 1.56. The predicted molar refractivity (Wildman–Crippen MR) is 46.2 cm³/mol. The Hall–Kier alpha value is -0.940. The van der Waals surface area contributed by atoms with Crippen LogP contribution in [0.4, 0.5) is 0 Å². The van der Waals surface area contributed by atoms with Crippen LogP contribution in [0.1, 0.15) is 12.8 Å². The Morgan fingerprint density at radius 2 is 2.23 bits per heavy atom. The van der Waals surface area contributed by atoms with E-state index in [1.165, 1.54) is 0 Å². The largest absolute Gasteiger partial charge is 0.480 e. The van der Waals surface area contributed by atoms with Gasteiger partial charge in [0.15, 0.2) is 0 Å². The molecule has 0 unspecified atom stereocenters. The molecule has 0 aromatic carbocycles. The monoisotopic (exact) mass is 186 g/mol. The molecule has 1 heterocycles. The first-order valence-corrected chi connectivity index (χ1v) is 4.31. The Morgan fingerprint density at radius 3 is 2.69 bits per heavy atom. The summed E-state index contributed by atoms with van der Waals surface area (Å²) in [6, 6.07) is -0.490. The Morgan fingerprint density at radius 1 is 1.54 bits per heavy atom. The molecule has 0 aromatic heterocycles. The van der Waals surface area contributed by atoms with E-state index in [-0.39, 0.29) is 18.2 Å². The zero-order valence-electron chi connectivity index (χ0n) is 7.32. The second-order valence-electron chi connectivity index (χ2n) is 3.35. The quantitative estimate of drug-likeness (QED) is 0.522. The Bertz CT molecular complexity index is 217. The molecule has 5 nitrogen and oxygen atoms in total. The lowest BCUT2D eigenvalue weighted by Gasteiger charge is -2.05. The number of nitrogens with one attached hydrogen (secondary N) is 1. The van der Waals surface area contributed by atoms with E-state index in [1.807, 2.05) is 0 Å². The molecule has 0 amide bonds. The summed E-state index contributed by atoms with van der Waals surface area (Å²) in [5.41, 5.74) is 5.16. The van der Waals surface area contributed by atoms with Gasteiger partial charge >= 0.3 is 5.97 Å². The topological polar surface area (TPSA) is 92.4 Å². The molecule has 1 aliphatic rings. The number of carbonyl (C=O) groups is 2. The van der Waals surface area contributed by atoms with Crippen molar-refractivity contribution in [1.82, 2.24) is 5.32 Å². The van der Waals surface area contributed by atoms with Crippen LogP contribution < -0.4 is 11.1 Å². The lowest BCUT2D eigenvalue weighted by Crippen LogP contribution is -2.29. The van der Waals surface area contributed by atoms with Gasteiger partial charge in [0.05, 0.1) is 6.54 Å². The number of carboxylic acids is 1. The minimum Gasteiger partial charge on any atom is -0.480 e. The van der Waals surface area contributed by atoms with Crippen molar-refractivity contribution in [2.45, 2.75) is 18.9 Å². The first kappa shape index (κ1) is 10.1. The average molecular weight is 186 g/mol. The Kier molecular flexibility index (Phi) is 3.39. The second-order valence-corrected chi connectivity index (χ2v) is 3.35. The normalized spacial score (nSPS) is 27.5. The summed E-state index contributed by atoms with van der Waals surface area (Å²) in [5.74, 6) is -0.710. The van der Waals surface area contributed by atoms with Crippen LogP contribution in [0, 0.1) is 5.92 Å². The number of Topliss-reactive ketones (excluding diaryl/α,β-unsaturated/α-hetero) is 1. The molecule has 4 N–H and O–H groups in total. The number of carbonyl (C=O) groups excluding carboxylic acids is 1. The summed E-state index contributed by atoms with van der Waals surface area (Å²) in [7, 11) is 0. The number of nitrogens with two attached hydrogens (primary N) is 1. The Balaban J connectivity index is 2.33. The lowest BCUT2D eigenvalue weighted by atomic mass is 9.99. The van der Waals surface area contributed by atoms with E-state index in [0.29, 0.717) is 19.4 Å². The first-order valence-electron chi connectivity index (χ1n) is 4.31. The van der Waals surface area contributed by atoms with Crippen LogP contribution in [0.2, 0.25) is 0 Å². The third-order valence-corrected chi connectivity index (χ3v) is 2.26.